The van der Waals surface area contributed by atoms with Crippen LogP contribution in [0.3, 0.4) is 0 Å². The van der Waals surface area contributed by atoms with Crippen LogP contribution in [-0.2, 0) is 6.54 Å². The van der Waals surface area contributed by atoms with Crippen LogP contribution in [0.1, 0.15) is 41.7 Å². The number of rotatable bonds is 6. The molecule has 4 aromatic rings. The molecule has 172 valence electrons. The van der Waals surface area contributed by atoms with E-state index in [0.717, 1.165) is 12.8 Å². The number of aromatic amines is 1. The molecule has 1 aromatic carbocycles. The van der Waals surface area contributed by atoms with Gasteiger partial charge < -0.3 is 10.1 Å². The third-order valence-electron chi connectivity index (χ3n) is 5.56. The van der Waals surface area contributed by atoms with Crippen molar-refractivity contribution in [1.29, 1.82) is 0 Å². The van der Waals surface area contributed by atoms with Gasteiger partial charge in [0, 0.05) is 24.2 Å². The highest BCUT2D eigenvalue weighted by Crippen LogP contribution is 2.40. The molecule has 0 spiro atoms. The molecule has 0 unspecified atom stereocenters. The molecule has 1 amide bonds. The number of H-pyrrole nitrogens is 1. The van der Waals surface area contributed by atoms with E-state index in [1.807, 2.05) is 0 Å². The fourth-order valence-electron chi connectivity index (χ4n) is 3.69. The summed E-state index contributed by atoms with van der Waals surface area (Å²) in [4.78, 5) is 49.1. The number of carbonyl (C=O) groups is 1. The molecule has 1 saturated carbocycles. The number of halogens is 1. The van der Waals surface area contributed by atoms with Gasteiger partial charge in [-0.2, -0.15) is 0 Å². The minimum absolute atomic E-state index is 0.0626. The third kappa shape index (κ3) is 4.17. The van der Waals surface area contributed by atoms with E-state index >= 15 is 0 Å². The van der Waals surface area contributed by atoms with Crippen molar-refractivity contribution in [2.45, 2.75) is 32.2 Å². The van der Waals surface area contributed by atoms with Gasteiger partial charge in [0.1, 0.15) is 11.6 Å². The summed E-state index contributed by atoms with van der Waals surface area (Å²) in [5, 5.41) is 2.80. The van der Waals surface area contributed by atoms with E-state index in [2.05, 4.69) is 20.3 Å². The second-order valence-electron chi connectivity index (χ2n) is 7.97. The van der Waals surface area contributed by atoms with Crippen LogP contribution < -0.4 is 21.3 Å². The van der Waals surface area contributed by atoms with Crippen LogP contribution >= 0.6 is 0 Å². The Hall–Kier alpha value is -4.34. The molecule has 1 aliphatic rings. The zero-order chi connectivity index (χ0) is 23.8. The average Bonchev–Trinajstić information content (AvgIpc) is 3.67. The van der Waals surface area contributed by atoms with Crippen molar-refractivity contribution in [3.05, 3.63) is 86.6 Å². The predicted molar refractivity (Wildman–Crippen MR) is 123 cm³/mol. The molecule has 10 heteroatoms. The van der Waals surface area contributed by atoms with E-state index in [0.29, 0.717) is 23.7 Å². The Morgan fingerprint density at radius 2 is 1.97 bits per heavy atom. The molecule has 0 radical (unpaired) electrons. The molecule has 2 N–H and O–H groups in total. The molecule has 1 aliphatic carbocycles. The van der Waals surface area contributed by atoms with Crippen LogP contribution in [0.4, 0.5) is 10.1 Å². The van der Waals surface area contributed by atoms with Gasteiger partial charge in [0.15, 0.2) is 5.65 Å². The Morgan fingerprint density at radius 1 is 1.21 bits per heavy atom. The monoisotopic (exact) mass is 461 g/mol. The first-order chi connectivity index (χ1) is 16.4. The Balaban J connectivity index is 1.46. The van der Waals surface area contributed by atoms with E-state index in [4.69, 9.17) is 4.74 Å². The highest BCUT2D eigenvalue weighted by molar-refractivity contribution is 6.11. The maximum atomic E-state index is 13.2. The van der Waals surface area contributed by atoms with E-state index in [9.17, 15) is 18.8 Å². The fraction of sp³-hybridized carbons (Fsp3) is 0.208. The number of ether oxygens (including phenoxy) is 1. The molecule has 0 saturated heterocycles. The van der Waals surface area contributed by atoms with E-state index in [-0.39, 0.29) is 34.2 Å². The van der Waals surface area contributed by atoms with Crippen molar-refractivity contribution in [3.8, 4) is 11.6 Å². The molecular formula is C24H20FN5O4. The lowest BCUT2D eigenvalue weighted by atomic mass is 10.1. The first kappa shape index (κ1) is 21.5. The maximum Gasteiger partial charge on any atom is 0.329 e. The fourth-order valence-corrected chi connectivity index (χ4v) is 3.69. The summed E-state index contributed by atoms with van der Waals surface area (Å²) in [7, 11) is 0. The van der Waals surface area contributed by atoms with Gasteiger partial charge >= 0.3 is 5.69 Å². The van der Waals surface area contributed by atoms with E-state index in [1.165, 1.54) is 35.0 Å². The van der Waals surface area contributed by atoms with Crippen molar-refractivity contribution in [2.24, 2.45) is 0 Å². The highest BCUT2D eigenvalue weighted by atomic mass is 19.1. The molecule has 0 atom stereocenters. The number of hydrogen-bond donors (Lipinski definition) is 2. The standard InChI is InChI=1S/C24H20FN5O4/c1-2-30-21-20(23(32)29-24(30)33)17(11-18(28-21)13-3-4-13)22(31)27-15-7-10-19(26-12-15)34-16-8-5-14(25)6-9-16/h5-13H,2-4H2,1H3,(H,27,31)(H,29,32,33). The quantitative estimate of drug-likeness (QED) is 0.453. The number of anilines is 1. The van der Waals surface area contributed by atoms with Gasteiger partial charge in [-0.3, -0.25) is 19.1 Å². The summed E-state index contributed by atoms with van der Waals surface area (Å²) < 4.78 is 20.0. The summed E-state index contributed by atoms with van der Waals surface area (Å²) in [5.41, 5.74) is 0.188. The average molecular weight is 461 g/mol. The molecule has 0 bridgehead atoms. The number of carbonyl (C=O) groups excluding carboxylic acids is 1. The summed E-state index contributed by atoms with van der Waals surface area (Å²) in [6.45, 7) is 2.07. The van der Waals surface area contributed by atoms with Gasteiger partial charge in [0.05, 0.1) is 22.8 Å². The zero-order valence-electron chi connectivity index (χ0n) is 18.2. The molecule has 3 heterocycles. The number of aromatic nitrogens is 4. The number of fused-ring (bicyclic) bond motifs is 1. The van der Waals surface area contributed by atoms with Gasteiger partial charge in [0.25, 0.3) is 11.5 Å². The lowest BCUT2D eigenvalue weighted by Crippen LogP contribution is -2.32. The van der Waals surface area contributed by atoms with Crippen molar-refractivity contribution in [1.82, 2.24) is 19.5 Å². The van der Waals surface area contributed by atoms with Crippen LogP contribution in [0, 0.1) is 5.82 Å². The highest BCUT2D eigenvalue weighted by Gasteiger charge is 2.28. The molecule has 1 fully saturated rings. The zero-order valence-corrected chi connectivity index (χ0v) is 18.2. The predicted octanol–water partition coefficient (Wildman–Crippen LogP) is 3.56. The van der Waals surface area contributed by atoms with Gasteiger partial charge in [-0.15, -0.1) is 0 Å². The van der Waals surface area contributed by atoms with Crippen LogP contribution in [0.2, 0.25) is 0 Å². The third-order valence-corrected chi connectivity index (χ3v) is 5.56. The number of benzene rings is 1. The topological polar surface area (TPSA) is 119 Å². The maximum absolute atomic E-state index is 13.2. The number of nitrogens with one attached hydrogen (secondary N) is 2. The summed E-state index contributed by atoms with van der Waals surface area (Å²) >= 11 is 0. The first-order valence-corrected chi connectivity index (χ1v) is 10.8. The van der Waals surface area contributed by atoms with Crippen LogP contribution in [0.5, 0.6) is 11.6 Å². The molecule has 5 rings (SSSR count). The number of hydrogen-bond acceptors (Lipinski definition) is 6. The number of amides is 1. The van der Waals surface area contributed by atoms with Crippen molar-refractivity contribution < 1.29 is 13.9 Å². The minimum atomic E-state index is -0.661. The summed E-state index contributed by atoms with van der Waals surface area (Å²) in [6, 6.07) is 10.3. The van der Waals surface area contributed by atoms with E-state index in [1.54, 1.807) is 25.1 Å². The van der Waals surface area contributed by atoms with Crippen molar-refractivity contribution >= 4 is 22.6 Å². The number of aryl methyl sites for hydroxylation is 1. The summed E-state index contributed by atoms with van der Waals surface area (Å²) in [5.74, 6) is -0.00179. The molecule has 34 heavy (non-hydrogen) atoms. The van der Waals surface area contributed by atoms with Crippen molar-refractivity contribution in [3.63, 3.8) is 0 Å². The summed E-state index contributed by atoms with van der Waals surface area (Å²) in [6.07, 6.45) is 3.30. The normalized spacial score (nSPS) is 13.1. The van der Waals surface area contributed by atoms with Crippen LogP contribution in [0.15, 0.2) is 58.3 Å². The second kappa shape index (κ2) is 8.54. The van der Waals surface area contributed by atoms with Gasteiger partial charge in [-0.1, -0.05) is 0 Å². The van der Waals surface area contributed by atoms with Crippen LogP contribution in [0.25, 0.3) is 11.0 Å². The van der Waals surface area contributed by atoms with Gasteiger partial charge in [-0.25, -0.2) is 19.2 Å². The van der Waals surface area contributed by atoms with E-state index < -0.39 is 17.2 Å². The smallest absolute Gasteiger partial charge is 0.329 e. The van der Waals surface area contributed by atoms with Crippen LogP contribution in [-0.4, -0.2) is 25.4 Å². The number of pyridine rings is 2. The number of nitrogens with zero attached hydrogens (tertiary/aromatic N) is 3. The lowest BCUT2D eigenvalue weighted by Gasteiger charge is -2.12. The van der Waals surface area contributed by atoms with Gasteiger partial charge in [-0.05, 0) is 56.2 Å². The first-order valence-electron chi connectivity index (χ1n) is 10.8. The molecule has 3 aromatic heterocycles. The lowest BCUT2D eigenvalue weighted by molar-refractivity contribution is 0.102. The molecule has 9 nitrogen and oxygen atoms in total. The molecular weight excluding hydrogens is 441 g/mol. The van der Waals surface area contributed by atoms with Crippen molar-refractivity contribution in [2.75, 3.05) is 5.32 Å². The largest absolute Gasteiger partial charge is 0.439 e. The Bertz CT molecular complexity index is 1510. The second-order valence-corrected chi connectivity index (χ2v) is 7.97. The SMILES string of the molecule is CCn1c(=O)[nH]c(=O)c2c(C(=O)Nc3ccc(Oc4ccc(F)cc4)nc3)cc(C3CC3)nc21. The Kier molecular flexibility index (Phi) is 5.40. The molecule has 0 aliphatic heterocycles. The van der Waals surface area contributed by atoms with Gasteiger partial charge in [0.2, 0.25) is 5.88 Å². The Morgan fingerprint density at radius 3 is 2.62 bits per heavy atom. The minimum Gasteiger partial charge on any atom is -0.439 e. The Labute approximate surface area is 192 Å².